The quantitative estimate of drug-likeness (QED) is 0.796. The molecule has 2 aromatic rings. The molecule has 1 aromatic carbocycles. The SMILES string of the molecule is CCCNC(C)c1cccnc1Oc1ccc(Br)cc1C. The number of halogens is 1. The summed E-state index contributed by atoms with van der Waals surface area (Å²) < 4.78 is 7.07. The van der Waals surface area contributed by atoms with Crippen LogP contribution in [0.4, 0.5) is 0 Å². The molecule has 1 unspecified atom stereocenters. The van der Waals surface area contributed by atoms with Gasteiger partial charge in [0.05, 0.1) is 0 Å². The molecule has 0 aliphatic rings. The number of pyridine rings is 1. The van der Waals surface area contributed by atoms with Crippen LogP contribution in [0.2, 0.25) is 0 Å². The fourth-order valence-corrected chi connectivity index (χ4v) is 2.60. The van der Waals surface area contributed by atoms with Crippen LogP contribution >= 0.6 is 15.9 Å². The number of rotatable bonds is 6. The molecule has 0 radical (unpaired) electrons. The van der Waals surface area contributed by atoms with Crippen LogP contribution < -0.4 is 10.1 Å². The van der Waals surface area contributed by atoms with E-state index in [1.54, 1.807) is 6.20 Å². The summed E-state index contributed by atoms with van der Waals surface area (Å²) in [6.07, 6.45) is 2.87. The summed E-state index contributed by atoms with van der Waals surface area (Å²) in [7, 11) is 0. The highest BCUT2D eigenvalue weighted by Gasteiger charge is 2.13. The van der Waals surface area contributed by atoms with Crippen molar-refractivity contribution in [3.8, 4) is 11.6 Å². The second-order valence-corrected chi connectivity index (χ2v) is 6.00. The average molecular weight is 349 g/mol. The van der Waals surface area contributed by atoms with Crippen LogP contribution in [-0.2, 0) is 0 Å². The highest BCUT2D eigenvalue weighted by Crippen LogP contribution is 2.30. The highest BCUT2D eigenvalue weighted by atomic mass is 79.9. The number of ether oxygens (including phenoxy) is 1. The normalized spacial score (nSPS) is 12.2. The lowest BCUT2D eigenvalue weighted by Gasteiger charge is -2.17. The van der Waals surface area contributed by atoms with Gasteiger partial charge in [-0.15, -0.1) is 0 Å². The molecule has 1 heterocycles. The van der Waals surface area contributed by atoms with E-state index in [9.17, 15) is 0 Å². The number of nitrogens with one attached hydrogen (secondary N) is 1. The van der Waals surface area contributed by atoms with Crippen LogP contribution in [0, 0.1) is 6.92 Å². The van der Waals surface area contributed by atoms with Gasteiger partial charge in [-0.3, -0.25) is 0 Å². The van der Waals surface area contributed by atoms with Crippen LogP contribution in [0.5, 0.6) is 11.6 Å². The average Bonchev–Trinajstić information content (AvgIpc) is 2.48. The summed E-state index contributed by atoms with van der Waals surface area (Å²) in [5.74, 6) is 1.50. The van der Waals surface area contributed by atoms with Gasteiger partial charge in [0.2, 0.25) is 5.88 Å². The van der Waals surface area contributed by atoms with Crippen molar-refractivity contribution in [2.24, 2.45) is 0 Å². The third-order valence-corrected chi connectivity index (χ3v) is 3.80. The molecule has 0 amide bonds. The molecule has 112 valence electrons. The Hall–Kier alpha value is -1.39. The monoisotopic (exact) mass is 348 g/mol. The third-order valence-electron chi connectivity index (χ3n) is 3.31. The molecule has 0 aliphatic carbocycles. The maximum absolute atomic E-state index is 6.02. The fraction of sp³-hybridized carbons (Fsp3) is 0.353. The van der Waals surface area contributed by atoms with Crippen LogP contribution in [0.15, 0.2) is 41.0 Å². The second kappa shape index (κ2) is 7.57. The Kier molecular flexibility index (Phi) is 5.76. The fourth-order valence-electron chi connectivity index (χ4n) is 2.12. The van der Waals surface area contributed by atoms with E-state index in [-0.39, 0.29) is 6.04 Å². The van der Waals surface area contributed by atoms with Gasteiger partial charge in [0, 0.05) is 22.3 Å². The molecule has 0 aliphatic heterocycles. The third kappa shape index (κ3) is 4.29. The summed E-state index contributed by atoms with van der Waals surface area (Å²) in [6, 6.07) is 10.2. The molecule has 2 rings (SSSR count). The predicted molar refractivity (Wildman–Crippen MR) is 89.9 cm³/mol. The standard InChI is InChI=1S/C17H21BrN2O/c1-4-9-19-13(3)15-6-5-10-20-17(15)21-16-8-7-14(18)11-12(16)2/h5-8,10-11,13,19H,4,9H2,1-3H3. The summed E-state index contributed by atoms with van der Waals surface area (Å²) in [5, 5.41) is 3.47. The van der Waals surface area contributed by atoms with Crippen molar-refractivity contribution in [3.63, 3.8) is 0 Å². The van der Waals surface area contributed by atoms with E-state index in [0.717, 1.165) is 34.3 Å². The topological polar surface area (TPSA) is 34.2 Å². The molecular formula is C17H21BrN2O. The molecule has 0 fully saturated rings. The van der Waals surface area contributed by atoms with E-state index < -0.39 is 0 Å². The van der Waals surface area contributed by atoms with Crippen molar-refractivity contribution in [2.75, 3.05) is 6.54 Å². The van der Waals surface area contributed by atoms with E-state index in [0.29, 0.717) is 5.88 Å². The van der Waals surface area contributed by atoms with Crippen molar-refractivity contribution in [1.29, 1.82) is 0 Å². The number of aromatic nitrogens is 1. The van der Waals surface area contributed by atoms with Gasteiger partial charge in [0.25, 0.3) is 0 Å². The van der Waals surface area contributed by atoms with E-state index >= 15 is 0 Å². The minimum Gasteiger partial charge on any atom is -0.438 e. The minimum atomic E-state index is 0.212. The summed E-state index contributed by atoms with van der Waals surface area (Å²) in [6.45, 7) is 7.30. The first-order chi connectivity index (χ1) is 10.1. The largest absolute Gasteiger partial charge is 0.438 e. The molecule has 1 atom stereocenters. The Labute approximate surface area is 134 Å². The Morgan fingerprint density at radius 2 is 2.14 bits per heavy atom. The van der Waals surface area contributed by atoms with Gasteiger partial charge in [-0.05, 0) is 56.6 Å². The van der Waals surface area contributed by atoms with Gasteiger partial charge < -0.3 is 10.1 Å². The minimum absolute atomic E-state index is 0.212. The Bertz CT molecular complexity index is 601. The van der Waals surface area contributed by atoms with Crippen molar-refractivity contribution >= 4 is 15.9 Å². The molecule has 0 spiro atoms. The van der Waals surface area contributed by atoms with Crippen LogP contribution in [0.1, 0.15) is 37.4 Å². The molecule has 3 nitrogen and oxygen atoms in total. The van der Waals surface area contributed by atoms with Crippen molar-refractivity contribution < 1.29 is 4.74 Å². The van der Waals surface area contributed by atoms with Gasteiger partial charge in [-0.2, -0.15) is 0 Å². The number of nitrogens with zero attached hydrogens (tertiary/aromatic N) is 1. The first-order valence-corrected chi connectivity index (χ1v) is 8.03. The maximum atomic E-state index is 6.02. The lowest BCUT2D eigenvalue weighted by atomic mass is 10.1. The summed E-state index contributed by atoms with van der Waals surface area (Å²) in [4.78, 5) is 4.39. The second-order valence-electron chi connectivity index (χ2n) is 5.09. The van der Waals surface area contributed by atoms with Crippen molar-refractivity contribution in [1.82, 2.24) is 10.3 Å². The van der Waals surface area contributed by atoms with Gasteiger partial charge in [0.1, 0.15) is 5.75 Å². The molecule has 1 aromatic heterocycles. The van der Waals surface area contributed by atoms with E-state index in [4.69, 9.17) is 4.74 Å². The van der Waals surface area contributed by atoms with E-state index in [2.05, 4.69) is 46.1 Å². The number of hydrogen-bond donors (Lipinski definition) is 1. The molecule has 21 heavy (non-hydrogen) atoms. The van der Waals surface area contributed by atoms with Crippen LogP contribution in [0.25, 0.3) is 0 Å². The van der Waals surface area contributed by atoms with Gasteiger partial charge in [-0.1, -0.05) is 28.9 Å². The smallest absolute Gasteiger partial charge is 0.223 e. The number of hydrogen-bond acceptors (Lipinski definition) is 3. The van der Waals surface area contributed by atoms with Gasteiger partial charge in [0.15, 0.2) is 0 Å². The lowest BCUT2D eigenvalue weighted by Crippen LogP contribution is -2.20. The van der Waals surface area contributed by atoms with E-state index in [1.165, 1.54) is 0 Å². The van der Waals surface area contributed by atoms with Crippen molar-refractivity contribution in [3.05, 3.63) is 52.1 Å². The highest BCUT2D eigenvalue weighted by molar-refractivity contribution is 9.10. The number of benzene rings is 1. The summed E-state index contributed by atoms with van der Waals surface area (Å²) in [5.41, 5.74) is 2.16. The zero-order chi connectivity index (χ0) is 15.2. The van der Waals surface area contributed by atoms with Crippen LogP contribution in [0.3, 0.4) is 0 Å². The Morgan fingerprint density at radius 1 is 1.33 bits per heavy atom. The first-order valence-electron chi connectivity index (χ1n) is 7.24. The molecule has 0 saturated carbocycles. The van der Waals surface area contributed by atoms with Crippen molar-refractivity contribution in [2.45, 2.75) is 33.2 Å². The molecule has 1 N–H and O–H groups in total. The zero-order valence-electron chi connectivity index (χ0n) is 12.7. The first kappa shape index (κ1) is 16.0. The zero-order valence-corrected chi connectivity index (χ0v) is 14.3. The molecule has 0 bridgehead atoms. The van der Waals surface area contributed by atoms with Gasteiger partial charge >= 0.3 is 0 Å². The predicted octanol–water partition coefficient (Wildman–Crippen LogP) is 5.01. The molecule has 0 saturated heterocycles. The van der Waals surface area contributed by atoms with Crippen LogP contribution in [-0.4, -0.2) is 11.5 Å². The Balaban J connectivity index is 2.23. The number of aryl methyl sites for hydroxylation is 1. The Morgan fingerprint density at radius 3 is 2.86 bits per heavy atom. The van der Waals surface area contributed by atoms with Gasteiger partial charge in [-0.25, -0.2) is 4.98 Å². The molecular weight excluding hydrogens is 328 g/mol. The lowest BCUT2D eigenvalue weighted by molar-refractivity contribution is 0.439. The molecule has 4 heteroatoms. The maximum Gasteiger partial charge on any atom is 0.223 e. The van der Waals surface area contributed by atoms with E-state index in [1.807, 2.05) is 31.2 Å². The summed E-state index contributed by atoms with van der Waals surface area (Å²) >= 11 is 3.47.